The van der Waals surface area contributed by atoms with Gasteiger partial charge in [0.05, 0.1) is 10.4 Å². The molecule has 0 radical (unpaired) electrons. The van der Waals surface area contributed by atoms with Crippen LogP contribution < -0.4 is 5.32 Å². The molecule has 1 atom stereocenters. The van der Waals surface area contributed by atoms with Crippen LogP contribution in [-0.2, 0) is 6.42 Å². The second-order valence-electron chi connectivity index (χ2n) is 4.86. The maximum atomic E-state index is 6.04. The zero-order valence-corrected chi connectivity index (χ0v) is 11.8. The summed E-state index contributed by atoms with van der Waals surface area (Å²) in [4.78, 5) is 1.31. The third kappa shape index (κ3) is 1.83. The topological polar surface area (TPSA) is 12.0 Å². The van der Waals surface area contributed by atoms with Gasteiger partial charge in [-0.05, 0) is 29.5 Å². The van der Waals surface area contributed by atoms with Crippen LogP contribution >= 0.6 is 22.9 Å². The van der Waals surface area contributed by atoms with Crippen LogP contribution in [0.5, 0.6) is 0 Å². The normalized spacial score (nSPS) is 17.4. The van der Waals surface area contributed by atoms with Crippen molar-refractivity contribution in [1.82, 2.24) is 0 Å². The van der Waals surface area contributed by atoms with Crippen LogP contribution in [0.25, 0.3) is 10.8 Å². The summed E-state index contributed by atoms with van der Waals surface area (Å²) < 4.78 is 0.859. The van der Waals surface area contributed by atoms with Crippen LogP contribution in [0.1, 0.15) is 16.5 Å². The average molecular weight is 286 g/mol. The summed E-state index contributed by atoms with van der Waals surface area (Å²) in [7, 11) is 0. The minimum atomic E-state index is 0.360. The molecule has 3 heteroatoms. The van der Waals surface area contributed by atoms with E-state index in [1.807, 2.05) is 6.07 Å². The zero-order chi connectivity index (χ0) is 12.8. The summed E-state index contributed by atoms with van der Waals surface area (Å²) >= 11 is 7.70. The Labute approximate surface area is 120 Å². The van der Waals surface area contributed by atoms with Gasteiger partial charge in [-0.15, -0.1) is 11.3 Å². The summed E-state index contributed by atoms with van der Waals surface area (Å²) in [6.45, 7) is 0. The molecule has 1 unspecified atom stereocenters. The summed E-state index contributed by atoms with van der Waals surface area (Å²) in [5.74, 6) is 0. The van der Waals surface area contributed by atoms with Crippen molar-refractivity contribution in [2.24, 2.45) is 0 Å². The van der Waals surface area contributed by atoms with E-state index in [2.05, 4.69) is 47.8 Å². The molecule has 1 N–H and O–H groups in total. The van der Waals surface area contributed by atoms with E-state index in [-0.39, 0.29) is 0 Å². The number of thiophene rings is 1. The second kappa shape index (κ2) is 4.26. The number of fused-ring (bicyclic) bond motifs is 3. The SMILES string of the molecule is Clc1ccc(C2Cc3ccc4ccccc4c3N2)s1. The number of nitrogens with one attached hydrogen (secondary N) is 1. The molecule has 2 heterocycles. The van der Waals surface area contributed by atoms with Crippen molar-refractivity contribution in [2.45, 2.75) is 12.5 Å². The predicted octanol–water partition coefficient (Wildman–Crippen LogP) is 5.26. The highest BCUT2D eigenvalue weighted by Gasteiger charge is 2.24. The molecule has 1 aromatic heterocycles. The Morgan fingerprint density at radius 1 is 1.05 bits per heavy atom. The fourth-order valence-corrected chi connectivity index (χ4v) is 3.90. The highest BCUT2D eigenvalue weighted by Crippen LogP contribution is 2.41. The molecule has 2 aromatic carbocycles. The second-order valence-corrected chi connectivity index (χ2v) is 6.61. The Hall–Kier alpha value is -1.51. The molecule has 19 heavy (non-hydrogen) atoms. The molecule has 0 spiro atoms. The number of rotatable bonds is 1. The number of halogens is 1. The van der Waals surface area contributed by atoms with Crippen molar-refractivity contribution in [3.05, 3.63) is 63.3 Å². The summed E-state index contributed by atoms with van der Waals surface area (Å²) in [6, 6.07) is 17.4. The monoisotopic (exact) mass is 285 g/mol. The Balaban J connectivity index is 1.79. The Morgan fingerprint density at radius 2 is 1.95 bits per heavy atom. The van der Waals surface area contributed by atoms with E-state index < -0.39 is 0 Å². The first kappa shape index (κ1) is 11.3. The maximum Gasteiger partial charge on any atom is 0.0932 e. The van der Waals surface area contributed by atoms with Crippen molar-refractivity contribution in [3.8, 4) is 0 Å². The largest absolute Gasteiger partial charge is 0.376 e. The van der Waals surface area contributed by atoms with Gasteiger partial charge in [0.1, 0.15) is 0 Å². The number of hydrogen-bond donors (Lipinski definition) is 1. The first-order chi connectivity index (χ1) is 9.31. The lowest BCUT2D eigenvalue weighted by molar-refractivity contribution is 0.843. The lowest BCUT2D eigenvalue weighted by Gasteiger charge is -2.09. The molecule has 3 aromatic rings. The molecule has 1 nitrogen and oxygen atoms in total. The Bertz CT molecular complexity index is 762. The fourth-order valence-electron chi connectivity index (χ4n) is 2.79. The van der Waals surface area contributed by atoms with Crippen LogP contribution in [0.4, 0.5) is 5.69 Å². The van der Waals surface area contributed by atoms with E-state index >= 15 is 0 Å². The van der Waals surface area contributed by atoms with Gasteiger partial charge >= 0.3 is 0 Å². The van der Waals surface area contributed by atoms with Gasteiger partial charge in [0.2, 0.25) is 0 Å². The van der Waals surface area contributed by atoms with Gasteiger partial charge in [0.15, 0.2) is 0 Å². The lowest BCUT2D eigenvalue weighted by Crippen LogP contribution is -2.03. The maximum absolute atomic E-state index is 6.04. The van der Waals surface area contributed by atoms with Crippen molar-refractivity contribution >= 4 is 39.4 Å². The molecule has 0 fully saturated rings. The van der Waals surface area contributed by atoms with Gasteiger partial charge in [-0.25, -0.2) is 0 Å². The first-order valence-corrected chi connectivity index (χ1v) is 7.53. The first-order valence-electron chi connectivity index (χ1n) is 6.34. The molecule has 4 rings (SSSR count). The van der Waals surface area contributed by atoms with Gasteiger partial charge in [0.25, 0.3) is 0 Å². The standard InChI is InChI=1S/C16H12ClNS/c17-15-8-7-14(19-15)13-9-11-6-5-10-3-1-2-4-12(10)16(11)18-13/h1-8,13,18H,9H2. The molecular weight excluding hydrogens is 274 g/mol. The molecule has 1 aliphatic rings. The Morgan fingerprint density at radius 3 is 2.79 bits per heavy atom. The smallest absolute Gasteiger partial charge is 0.0932 e. The molecule has 0 bridgehead atoms. The van der Waals surface area contributed by atoms with E-state index in [1.54, 1.807) is 11.3 Å². The highest BCUT2D eigenvalue weighted by atomic mass is 35.5. The van der Waals surface area contributed by atoms with Crippen molar-refractivity contribution < 1.29 is 0 Å². The van der Waals surface area contributed by atoms with Gasteiger partial charge in [0, 0.05) is 16.0 Å². The van der Waals surface area contributed by atoms with Crippen LogP contribution in [0.3, 0.4) is 0 Å². The molecule has 1 aliphatic heterocycles. The summed E-state index contributed by atoms with van der Waals surface area (Å²) in [6.07, 6.45) is 1.04. The molecule has 0 saturated carbocycles. The average Bonchev–Trinajstić information content (AvgIpc) is 3.04. The van der Waals surface area contributed by atoms with Crippen LogP contribution in [0.15, 0.2) is 48.5 Å². The quantitative estimate of drug-likeness (QED) is 0.643. The van der Waals surface area contributed by atoms with E-state index in [9.17, 15) is 0 Å². The predicted molar refractivity (Wildman–Crippen MR) is 83.3 cm³/mol. The molecular formula is C16H12ClNS. The molecule has 0 saturated heterocycles. The zero-order valence-electron chi connectivity index (χ0n) is 10.2. The fraction of sp³-hybridized carbons (Fsp3) is 0.125. The van der Waals surface area contributed by atoms with Crippen molar-refractivity contribution in [2.75, 3.05) is 5.32 Å². The van der Waals surface area contributed by atoms with E-state index in [0.29, 0.717) is 6.04 Å². The molecule has 0 aliphatic carbocycles. The van der Waals surface area contributed by atoms with Gasteiger partial charge in [-0.1, -0.05) is 48.0 Å². The van der Waals surface area contributed by atoms with Gasteiger partial charge in [-0.2, -0.15) is 0 Å². The van der Waals surface area contributed by atoms with E-state index in [0.717, 1.165) is 10.8 Å². The Kier molecular flexibility index (Phi) is 2.54. The van der Waals surface area contributed by atoms with E-state index in [4.69, 9.17) is 11.6 Å². The van der Waals surface area contributed by atoms with Crippen LogP contribution in [0.2, 0.25) is 4.34 Å². The third-order valence-corrected chi connectivity index (χ3v) is 5.04. The van der Waals surface area contributed by atoms with Crippen LogP contribution in [0, 0.1) is 0 Å². The highest BCUT2D eigenvalue weighted by molar-refractivity contribution is 7.16. The molecule has 0 amide bonds. The minimum absolute atomic E-state index is 0.360. The number of benzene rings is 2. The number of anilines is 1. The van der Waals surface area contributed by atoms with Gasteiger partial charge < -0.3 is 5.32 Å². The van der Waals surface area contributed by atoms with Crippen molar-refractivity contribution in [3.63, 3.8) is 0 Å². The molecule has 94 valence electrons. The van der Waals surface area contributed by atoms with Gasteiger partial charge in [-0.3, -0.25) is 0 Å². The minimum Gasteiger partial charge on any atom is -0.376 e. The third-order valence-electron chi connectivity index (χ3n) is 3.70. The lowest BCUT2D eigenvalue weighted by atomic mass is 10.0. The number of hydrogen-bond acceptors (Lipinski definition) is 2. The summed E-state index contributed by atoms with van der Waals surface area (Å²) in [5, 5.41) is 6.26. The van der Waals surface area contributed by atoms with Crippen LogP contribution in [-0.4, -0.2) is 0 Å². The van der Waals surface area contributed by atoms with E-state index in [1.165, 1.54) is 26.9 Å². The summed E-state index contributed by atoms with van der Waals surface area (Å²) in [5.41, 5.74) is 2.68. The van der Waals surface area contributed by atoms with Crippen molar-refractivity contribution in [1.29, 1.82) is 0 Å².